The molecule has 0 fully saturated rings. The maximum Gasteiger partial charge on any atom is 0.228 e. The highest BCUT2D eigenvalue weighted by molar-refractivity contribution is 5.94. The van der Waals surface area contributed by atoms with Crippen LogP contribution in [-0.2, 0) is 20.0 Å². The lowest BCUT2D eigenvalue weighted by atomic mass is 10.2. The van der Waals surface area contributed by atoms with Gasteiger partial charge in [0.15, 0.2) is 0 Å². The zero-order valence-electron chi connectivity index (χ0n) is 13.1. The van der Waals surface area contributed by atoms with Crippen molar-refractivity contribution in [3.05, 3.63) is 54.6 Å². The number of hydrogen-bond donors (Lipinski definition) is 0. The van der Waals surface area contributed by atoms with E-state index in [1.807, 2.05) is 38.5 Å². The molecule has 6 nitrogen and oxygen atoms in total. The Kier molecular flexibility index (Phi) is 3.22. The van der Waals surface area contributed by atoms with E-state index in [1.54, 1.807) is 6.20 Å². The van der Waals surface area contributed by atoms with Gasteiger partial charge >= 0.3 is 0 Å². The largest absolute Gasteiger partial charge is 0.350 e. The number of hydrogen-bond acceptors (Lipinski definition) is 4. The highest BCUT2D eigenvalue weighted by atomic mass is 16.5. The summed E-state index contributed by atoms with van der Waals surface area (Å²) >= 11 is 0. The number of nitrogens with zero attached hydrogens (tertiary/aromatic N) is 5. The second-order valence-corrected chi connectivity index (χ2v) is 5.60. The lowest BCUT2D eigenvalue weighted by molar-refractivity contribution is 0.371. The Labute approximate surface area is 133 Å². The number of rotatable bonds is 4. The Morgan fingerprint density at radius 1 is 1.22 bits per heavy atom. The molecule has 0 N–H and O–H groups in total. The average Bonchev–Trinajstić information content (AvgIpc) is 3.26. The van der Waals surface area contributed by atoms with Crippen molar-refractivity contribution in [2.24, 2.45) is 7.05 Å². The molecule has 3 aromatic heterocycles. The highest BCUT2D eigenvalue weighted by Crippen LogP contribution is 2.28. The van der Waals surface area contributed by atoms with E-state index in [9.17, 15) is 0 Å². The summed E-state index contributed by atoms with van der Waals surface area (Å²) in [5.41, 5.74) is 2.15. The Balaban J connectivity index is 1.61. The third-order valence-electron chi connectivity index (χ3n) is 4.10. The molecule has 0 amide bonds. The minimum atomic E-state index is 0.638. The summed E-state index contributed by atoms with van der Waals surface area (Å²) in [5.74, 6) is 2.26. The Hall–Kier alpha value is -2.89. The molecule has 0 atom stereocenters. The SMILES string of the molecule is Cc1nccn1CCc1nc(-c2cn(C)c3ccccc23)no1. The zero-order valence-corrected chi connectivity index (χ0v) is 13.1. The van der Waals surface area contributed by atoms with Crippen LogP contribution in [-0.4, -0.2) is 24.3 Å². The Morgan fingerprint density at radius 3 is 2.91 bits per heavy atom. The molecule has 4 rings (SSSR count). The number of benzene rings is 1. The molecule has 0 bridgehead atoms. The van der Waals surface area contributed by atoms with Crippen molar-refractivity contribution in [3.63, 3.8) is 0 Å². The summed E-state index contributed by atoms with van der Waals surface area (Å²) in [6, 6.07) is 8.22. The van der Waals surface area contributed by atoms with Gasteiger partial charge in [0, 0.05) is 55.1 Å². The van der Waals surface area contributed by atoms with E-state index in [-0.39, 0.29) is 0 Å². The van der Waals surface area contributed by atoms with Gasteiger partial charge in [-0.15, -0.1) is 0 Å². The quantitative estimate of drug-likeness (QED) is 0.581. The third kappa shape index (κ3) is 2.42. The average molecular weight is 307 g/mol. The number of aryl methyl sites for hydroxylation is 4. The minimum absolute atomic E-state index is 0.638. The van der Waals surface area contributed by atoms with Crippen LogP contribution in [0.2, 0.25) is 0 Å². The summed E-state index contributed by atoms with van der Waals surface area (Å²) in [5, 5.41) is 5.28. The van der Waals surface area contributed by atoms with E-state index in [0.29, 0.717) is 18.1 Å². The monoisotopic (exact) mass is 307 g/mol. The topological polar surface area (TPSA) is 61.7 Å². The zero-order chi connectivity index (χ0) is 15.8. The maximum absolute atomic E-state index is 5.41. The van der Waals surface area contributed by atoms with Gasteiger partial charge in [0.25, 0.3) is 0 Å². The van der Waals surface area contributed by atoms with Crippen LogP contribution in [0.4, 0.5) is 0 Å². The molecular weight excluding hydrogens is 290 g/mol. The van der Waals surface area contributed by atoms with Crippen LogP contribution in [0.25, 0.3) is 22.3 Å². The van der Waals surface area contributed by atoms with Crippen molar-refractivity contribution < 1.29 is 4.52 Å². The molecule has 0 unspecified atom stereocenters. The number of aromatic nitrogens is 5. The fraction of sp³-hybridized carbons (Fsp3) is 0.235. The van der Waals surface area contributed by atoms with E-state index in [4.69, 9.17) is 4.52 Å². The molecule has 0 aliphatic heterocycles. The van der Waals surface area contributed by atoms with Gasteiger partial charge in [-0.1, -0.05) is 23.4 Å². The van der Waals surface area contributed by atoms with Crippen LogP contribution in [0, 0.1) is 6.92 Å². The van der Waals surface area contributed by atoms with Gasteiger partial charge < -0.3 is 13.7 Å². The van der Waals surface area contributed by atoms with Crippen molar-refractivity contribution in [1.82, 2.24) is 24.3 Å². The van der Waals surface area contributed by atoms with Gasteiger partial charge in [0.2, 0.25) is 11.7 Å². The molecule has 3 heterocycles. The molecule has 0 saturated carbocycles. The smallest absolute Gasteiger partial charge is 0.228 e. The number of imidazole rings is 1. The van der Waals surface area contributed by atoms with E-state index in [0.717, 1.165) is 28.8 Å². The Morgan fingerprint density at radius 2 is 2.09 bits per heavy atom. The van der Waals surface area contributed by atoms with Gasteiger partial charge in [-0.25, -0.2) is 4.98 Å². The first-order valence-electron chi connectivity index (χ1n) is 7.57. The predicted octanol–water partition coefficient (Wildman–Crippen LogP) is 2.98. The van der Waals surface area contributed by atoms with E-state index in [2.05, 4.69) is 36.4 Å². The molecule has 116 valence electrons. The minimum Gasteiger partial charge on any atom is -0.350 e. The lowest BCUT2D eigenvalue weighted by Gasteiger charge is -2.00. The first-order chi connectivity index (χ1) is 11.2. The van der Waals surface area contributed by atoms with Gasteiger partial charge in [-0.3, -0.25) is 0 Å². The van der Waals surface area contributed by atoms with E-state index < -0.39 is 0 Å². The maximum atomic E-state index is 5.41. The standard InChI is InChI=1S/C17H17N5O/c1-12-18-8-10-22(12)9-7-16-19-17(20-23-16)14-11-21(2)15-6-4-3-5-13(14)15/h3-6,8,10-11H,7,9H2,1-2H3. The van der Waals surface area contributed by atoms with Crippen LogP contribution in [0.1, 0.15) is 11.7 Å². The van der Waals surface area contributed by atoms with Crippen LogP contribution >= 0.6 is 0 Å². The number of para-hydroxylation sites is 1. The van der Waals surface area contributed by atoms with Crippen molar-refractivity contribution in [2.75, 3.05) is 0 Å². The molecule has 6 heteroatoms. The van der Waals surface area contributed by atoms with Crippen LogP contribution < -0.4 is 0 Å². The second-order valence-electron chi connectivity index (χ2n) is 5.60. The first-order valence-corrected chi connectivity index (χ1v) is 7.57. The normalized spacial score (nSPS) is 11.4. The summed E-state index contributed by atoms with van der Waals surface area (Å²) in [6.45, 7) is 2.76. The first kappa shape index (κ1) is 13.8. The molecule has 4 aromatic rings. The summed E-state index contributed by atoms with van der Waals surface area (Å²) in [6.07, 6.45) is 6.48. The fourth-order valence-corrected chi connectivity index (χ4v) is 2.84. The lowest BCUT2D eigenvalue weighted by Crippen LogP contribution is -2.02. The molecule has 0 aliphatic carbocycles. The van der Waals surface area contributed by atoms with Crippen molar-refractivity contribution in [2.45, 2.75) is 19.9 Å². The summed E-state index contributed by atoms with van der Waals surface area (Å²) in [7, 11) is 2.02. The van der Waals surface area contributed by atoms with Crippen LogP contribution in [0.3, 0.4) is 0 Å². The summed E-state index contributed by atoms with van der Waals surface area (Å²) in [4.78, 5) is 8.76. The molecule has 0 radical (unpaired) electrons. The van der Waals surface area contributed by atoms with Gasteiger partial charge in [-0.2, -0.15) is 4.98 Å². The highest BCUT2D eigenvalue weighted by Gasteiger charge is 2.14. The van der Waals surface area contributed by atoms with E-state index >= 15 is 0 Å². The number of fused-ring (bicyclic) bond motifs is 1. The predicted molar refractivity (Wildman–Crippen MR) is 86.9 cm³/mol. The Bertz CT molecular complexity index is 962. The van der Waals surface area contributed by atoms with Gasteiger partial charge in [-0.05, 0) is 13.0 Å². The second kappa shape index (κ2) is 5.39. The summed E-state index contributed by atoms with van der Waals surface area (Å²) < 4.78 is 9.56. The molecule has 0 spiro atoms. The van der Waals surface area contributed by atoms with Crippen molar-refractivity contribution in [1.29, 1.82) is 0 Å². The fourth-order valence-electron chi connectivity index (χ4n) is 2.84. The van der Waals surface area contributed by atoms with Crippen LogP contribution in [0.5, 0.6) is 0 Å². The van der Waals surface area contributed by atoms with Crippen molar-refractivity contribution >= 4 is 10.9 Å². The molecule has 0 aliphatic rings. The third-order valence-corrected chi connectivity index (χ3v) is 4.10. The van der Waals surface area contributed by atoms with Gasteiger partial charge in [0.05, 0.1) is 0 Å². The van der Waals surface area contributed by atoms with Crippen molar-refractivity contribution in [3.8, 4) is 11.4 Å². The molecule has 23 heavy (non-hydrogen) atoms. The van der Waals surface area contributed by atoms with Crippen LogP contribution in [0.15, 0.2) is 47.4 Å². The molecular formula is C17H17N5O. The van der Waals surface area contributed by atoms with Gasteiger partial charge in [0.1, 0.15) is 5.82 Å². The molecule has 0 saturated heterocycles. The van der Waals surface area contributed by atoms with E-state index in [1.165, 1.54) is 0 Å². The molecule has 1 aromatic carbocycles.